The van der Waals surface area contributed by atoms with Gasteiger partial charge in [0.2, 0.25) is 0 Å². The highest BCUT2D eigenvalue weighted by Crippen LogP contribution is 2.23. The van der Waals surface area contributed by atoms with E-state index in [1.165, 1.54) is 0 Å². The molecule has 0 aliphatic carbocycles. The number of amides is 1. The second kappa shape index (κ2) is 13.7. The number of aryl methyl sites for hydroxylation is 1. The summed E-state index contributed by atoms with van der Waals surface area (Å²) in [5, 5.41) is 3.36. The second-order valence-corrected chi connectivity index (χ2v) is 7.89. The summed E-state index contributed by atoms with van der Waals surface area (Å²) >= 11 is 6.08. The average molecular weight is 446 g/mol. The van der Waals surface area contributed by atoms with Gasteiger partial charge < -0.3 is 14.8 Å². The molecular weight excluding hydrogens is 414 g/mol. The number of nitrogens with one attached hydrogen (secondary N) is 1. The van der Waals surface area contributed by atoms with E-state index in [0.717, 1.165) is 42.4 Å². The number of carbonyl (C=O) groups is 2. The first-order valence-corrected chi connectivity index (χ1v) is 11.4. The molecule has 1 N–H and O–H groups in total. The first kappa shape index (κ1) is 24.7. The van der Waals surface area contributed by atoms with Crippen LogP contribution in [0.25, 0.3) is 11.1 Å². The standard InChI is InChI=1S/C25H32ClNO4/c1-3-5-16-30-24(28)23(27-25(29)31-17-6-4-2)15-12-19-10-13-20(14-11-19)21-8-7-9-22(26)18-21/h7-11,13-14,18,23H,3-6,12,15-17H2,1-2H3,(H,27,29). The third-order valence-corrected chi connectivity index (χ3v) is 5.12. The maximum absolute atomic E-state index is 12.5. The van der Waals surface area contributed by atoms with E-state index in [0.29, 0.717) is 31.1 Å². The zero-order valence-corrected chi connectivity index (χ0v) is 19.1. The van der Waals surface area contributed by atoms with Crippen molar-refractivity contribution in [3.8, 4) is 11.1 Å². The Kier molecular flexibility index (Phi) is 10.9. The molecule has 0 aliphatic heterocycles. The van der Waals surface area contributed by atoms with E-state index in [2.05, 4.69) is 5.32 Å². The van der Waals surface area contributed by atoms with E-state index >= 15 is 0 Å². The van der Waals surface area contributed by atoms with Crippen molar-refractivity contribution in [1.82, 2.24) is 5.32 Å². The highest BCUT2D eigenvalue weighted by atomic mass is 35.5. The van der Waals surface area contributed by atoms with Crippen molar-refractivity contribution in [2.75, 3.05) is 13.2 Å². The molecule has 1 amide bonds. The molecule has 2 aromatic rings. The zero-order valence-electron chi connectivity index (χ0n) is 18.4. The van der Waals surface area contributed by atoms with Crippen molar-refractivity contribution in [3.05, 3.63) is 59.1 Å². The lowest BCUT2D eigenvalue weighted by Crippen LogP contribution is -2.42. The molecule has 6 heteroatoms. The van der Waals surface area contributed by atoms with Gasteiger partial charge in [-0.2, -0.15) is 0 Å². The van der Waals surface area contributed by atoms with Gasteiger partial charge in [0, 0.05) is 5.02 Å². The van der Waals surface area contributed by atoms with Crippen LogP contribution in [0.1, 0.15) is 51.5 Å². The number of halogens is 1. The van der Waals surface area contributed by atoms with Crippen LogP contribution in [0.3, 0.4) is 0 Å². The summed E-state index contributed by atoms with van der Waals surface area (Å²) < 4.78 is 10.5. The van der Waals surface area contributed by atoms with Gasteiger partial charge in [-0.3, -0.25) is 0 Å². The summed E-state index contributed by atoms with van der Waals surface area (Å²) in [5.74, 6) is -0.420. The lowest BCUT2D eigenvalue weighted by molar-refractivity contribution is -0.146. The molecule has 0 saturated carbocycles. The number of rotatable bonds is 12. The molecule has 0 aromatic heterocycles. The number of ether oxygens (including phenoxy) is 2. The molecule has 0 radical (unpaired) electrons. The number of carbonyl (C=O) groups excluding carboxylic acids is 2. The lowest BCUT2D eigenvalue weighted by Gasteiger charge is -2.18. The van der Waals surface area contributed by atoms with E-state index in [1.807, 2.05) is 62.4 Å². The zero-order chi connectivity index (χ0) is 22.5. The van der Waals surface area contributed by atoms with Gasteiger partial charge in [-0.05, 0) is 54.5 Å². The predicted octanol–water partition coefficient (Wildman–Crippen LogP) is 6.18. The summed E-state index contributed by atoms with van der Waals surface area (Å²) in [4.78, 5) is 24.5. The lowest BCUT2D eigenvalue weighted by atomic mass is 10.0. The minimum absolute atomic E-state index is 0.338. The molecule has 2 rings (SSSR count). The molecule has 0 aliphatic rings. The second-order valence-electron chi connectivity index (χ2n) is 7.45. The maximum atomic E-state index is 12.5. The Hall–Kier alpha value is -2.53. The van der Waals surface area contributed by atoms with Gasteiger partial charge in [0.15, 0.2) is 0 Å². The number of unbranched alkanes of at least 4 members (excludes halogenated alkanes) is 2. The van der Waals surface area contributed by atoms with Crippen LogP contribution >= 0.6 is 11.6 Å². The van der Waals surface area contributed by atoms with Gasteiger partial charge in [0.05, 0.1) is 13.2 Å². The molecule has 0 fully saturated rings. The average Bonchev–Trinajstić information content (AvgIpc) is 2.77. The normalized spacial score (nSPS) is 11.6. The maximum Gasteiger partial charge on any atom is 0.407 e. The van der Waals surface area contributed by atoms with Crippen LogP contribution in [0.4, 0.5) is 4.79 Å². The van der Waals surface area contributed by atoms with Gasteiger partial charge in [-0.25, -0.2) is 9.59 Å². The van der Waals surface area contributed by atoms with E-state index in [-0.39, 0.29) is 0 Å². The molecule has 1 atom stereocenters. The minimum Gasteiger partial charge on any atom is -0.464 e. The summed E-state index contributed by atoms with van der Waals surface area (Å²) in [6.45, 7) is 4.74. The largest absolute Gasteiger partial charge is 0.464 e. The van der Waals surface area contributed by atoms with Crippen LogP contribution in [-0.2, 0) is 20.7 Å². The van der Waals surface area contributed by atoms with Crippen LogP contribution in [-0.4, -0.2) is 31.3 Å². The summed E-state index contributed by atoms with van der Waals surface area (Å²) in [6, 6.07) is 15.1. The van der Waals surface area contributed by atoms with Crippen LogP contribution in [0.15, 0.2) is 48.5 Å². The summed E-state index contributed by atoms with van der Waals surface area (Å²) in [5.41, 5.74) is 3.19. The fourth-order valence-corrected chi connectivity index (χ4v) is 3.19. The fraction of sp³-hybridized carbons (Fsp3) is 0.440. The molecule has 1 unspecified atom stereocenters. The Morgan fingerprint density at radius 2 is 1.61 bits per heavy atom. The topological polar surface area (TPSA) is 64.6 Å². The van der Waals surface area contributed by atoms with E-state index < -0.39 is 18.1 Å². The predicted molar refractivity (Wildman–Crippen MR) is 124 cm³/mol. The van der Waals surface area contributed by atoms with Crippen LogP contribution in [0, 0.1) is 0 Å². The van der Waals surface area contributed by atoms with Gasteiger partial charge >= 0.3 is 12.1 Å². The van der Waals surface area contributed by atoms with Crippen LogP contribution in [0.5, 0.6) is 0 Å². The van der Waals surface area contributed by atoms with Crippen molar-refractivity contribution in [2.45, 2.75) is 58.4 Å². The van der Waals surface area contributed by atoms with E-state index in [9.17, 15) is 9.59 Å². The quantitative estimate of drug-likeness (QED) is 0.313. The van der Waals surface area contributed by atoms with Crippen LogP contribution in [0.2, 0.25) is 5.02 Å². The number of hydrogen-bond acceptors (Lipinski definition) is 4. The van der Waals surface area contributed by atoms with Crippen molar-refractivity contribution >= 4 is 23.7 Å². The summed E-state index contributed by atoms with van der Waals surface area (Å²) in [7, 11) is 0. The Morgan fingerprint density at radius 3 is 2.26 bits per heavy atom. The molecule has 0 spiro atoms. The number of alkyl carbamates (subject to hydrolysis) is 1. The Bertz CT molecular complexity index is 823. The molecule has 168 valence electrons. The van der Waals surface area contributed by atoms with E-state index in [1.54, 1.807) is 0 Å². The Morgan fingerprint density at radius 1 is 0.935 bits per heavy atom. The SMILES string of the molecule is CCCCOC(=O)NC(CCc1ccc(-c2cccc(Cl)c2)cc1)C(=O)OCCCC. The Balaban J connectivity index is 1.97. The molecular formula is C25H32ClNO4. The highest BCUT2D eigenvalue weighted by molar-refractivity contribution is 6.30. The smallest absolute Gasteiger partial charge is 0.407 e. The molecule has 0 bridgehead atoms. The third-order valence-electron chi connectivity index (χ3n) is 4.88. The van der Waals surface area contributed by atoms with Crippen molar-refractivity contribution < 1.29 is 19.1 Å². The first-order chi connectivity index (χ1) is 15.0. The van der Waals surface area contributed by atoms with Gasteiger partial charge in [0.25, 0.3) is 0 Å². The van der Waals surface area contributed by atoms with Gasteiger partial charge in [-0.1, -0.05) is 74.7 Å². The van der Waals surface area contributed by atoms with Gasteiger partial charge in [0.1, 0.15) is 6.04 Å². The molecule has 0 saturated heterocycles. The number of esters is 1. The fourth-order valence-electron chi connectivity index (χ4n) is 3.00. The Labute approximate surface area is 190 Å². The molecule has 31 heavy (non-hydrogen) atoms. The van der Waals surface area contributed by atoms with Crippen LogP contribution < -0.4 is 5.32 Å². The van der Waals surface area contributed by atoms with Crippen molar-refractivity contribution in [2.24, 2.45) is 0 Å². The molecule has 5 nitrogen and oxygen atoms in total. The monoisotopic (exact) mass is 445 g/mol. The summed E-state index contributed by atoms with van der Waals surface area (Å²) in [6.07, 6.45) is 3.93. The minimum atomic E-state index is -0.737. The highest BCUT2D eigenvalue weighted by Gasteiger charge is 2.23. The molecule has 0 heterocycles. The number of hydrogen-bond donors (Lipinski definition) is 1. The van der Waals surface area contributed by atoms with E-state index in [4.69, 9.17) is 21.1 Å². The van der Waals surface area contributed by atoms with Crippen molar-refractivity contribution in [3.63, 3.8) is 0 Å². The van der Waals surface area contributed by atoms with Crippen molar-refractivity contribution in [1.29, 1.82) is 0 Å². The molecule has 2 aromatic carbocycles. The number of benzene rings is 2. The first-order valence-electron chi connectivity index (χ1n) is 11.0. The van der Waals surface area contributed by atoms with Gasteiger partial charge in [-0.15, -0.1) is 0 Å². The third kappa shape index (κ3) is 9.01.